The Morgan fingerprint density at radius 2 is 1.89 bits per heavy atom. The van der Waals surface area contributed by atoms with Gasteiger partial charge in [0, 0.05) is 19.7 Å². The minimum absolute atomic E-state index is 0.0484. The van der Waals surface area contributed by atoms with E-state index in [1.807, 2.05) is 27.7 Å². The second-order valence-electron chi connectivity index (χ2n) is 5.96. The topological polar surface area (TPSA) is 87.7 Å². The molecule has 0 rings (SSSR count). The summed E-state index contributed by atoms with van der Waals surface area (Å²) < 4.78 is 5.01. The molecule has 0 aromatic heterocycles. The molecule has 0 fully saturated rings. The zero-order valence-corrected chi connectivity index (χ0v) is 12.4. The number of rotatable bonds is 7. The Labute approximate surface area is 114 Å². The minimum atomic E-state index is -0.917. The van der Waals surface area contributed by atoms with Crippen molar-refractivity contribution in [1.82, 2.24) is 10.6 Å². The Morgan fingerprint density at radius 3 is 2.32 bits per heavy atom. The third kappa shape index (κ3) is 10.3. The van der Waals surface area contributed by atoms with Crippen molar-refractivity contribution in [3.8, 4) is 0 Å². The van der Waals surface area contributed by atoms with E-state index in [1.54, 1.807) is 7.11 Å². The summed E-state index contributed by atoms with van der Waals surface area (Å²) in [5.74, 6) is -0.917. The second-order valence-corrected chi connectivity index (χ2v) is 5.96. The SMILES string of the molecule is COC(C)CNC(=O)NC(CC(=O)O)CC(C)(C)C. The lowest BCUT2D eigenvalue weighted by molar-refractivity contribution is -0.137. The van der Waals surface area contributed by atoms with Crippen LogP contribution in [-0.2, 0) is 9.53 Å². The molecule has 2 unspecified atom stereocenters. The largest absolute Gasteiger partial charge is 0.481 e. The number of carbonyl (C=O) groups is 2. The standard InChI is InChI=1S/C13H26N2O4/c1-9(19-5)8-14-12(18)15-10(6-11(16)17)7-13(2,3)4/h9-10H,6-8H2,1-5H3,(H,16,17)(H2,14,15,18). The predicted octanol–water partition coefficient (Wildman–Crippen LogP) is 1.60. The quantitative estimate of drug-likeness (QED) is 0.658. The van der Waals surface area contributed by atoms with Gasteiger partial charge in [-0.2, -0.15) is 0 Å². The van der Waals surface area contributed by atoms with E-state index in [0.717, 1.165) is 0 Å². The number of urea groups is 1. The zero-order valence-electron chi connectivity index (χ0n) is 12.4. The fraction of sp³-hybridized carbons (Fsp3) is 0.846. The molecule has 112 valence electrons. The molecule has 2 atom stereocenters. The number of aliphatic carboxylic acids is 1. The first-order valence-corrected chi connectivity index (χ1v) is 6.43. The maximum absolute atomic E-state index is 11.7. The van der Waals surface area contributed by atoms with E-state index in [4.69, 9.17) is 9.84 Å². The van der Waals surface area contributed by atoms with Gasteiger partial charge in [0.15, 0.2) is 0 Å². The highest BCUT2D eigenvalue weighted by atomic mass is 16.5. The van der Waals surface area contributed by atoms with Crippen LogP contribution in [0.4, 0.5) is 4.79 Å². The van der Waals surface area contributed by atoms with Gasteiger partial charge >= 0.3 is 12.0 Å². The molecule has 6 nitrogen and oxygen atoms in total. The molecule has 0 bridgehead atoms. The van der Waals surface area contributed by atoms with Gasteiger partial charge in [-0.25, -0.2) is 4.79 Å². The third-order valence-corrected chi connectivity index (χ3v) is 2.57. The van der Waals surface area contributed by atoms with Crippen LogP contribution in [0.5, 0.6) is 0 Å². The van der Waals surface area contributed by atoms with Crippen LogP contribution in [0.15, 0.2) is 0 Å². The fourth-order valence-electron chi connectivity index (χ4n) is 1.68. The fourth-order valence-corrected chi connectivity index (χ4v) is 1.68. The van der Waals surface area contributed by atoms with Crippen LogP contribution in [0.1, 0.15) is 40.5 Å². The molecular weight excluding hydrogens is 248 g/mol. The van der Waals surface area contributed by atoms with E-state index in [9.17, 15) is 9.59 Å². The summed E-state index contributed by atoms with van der Waals surface area (Å²) >= 11 is 0. The zero-order chi connectivity index (χ0) is 15.1. The van der Waals surface area contributed by atoms with Crippen LogP contribution in [0.3, 0.4) is 0 Å². The Hall–Kier alpha value is -1.30. The normalized spacial score (nSPS) is 14.6. The number of carbonyl (C=O) groups excluding carboxylic acids is 1. The highest BCUT2D eigenvalue weighted by Gasteiger charge is 2.22. The van der Waals surface area contributed by atoms with E-state index >= 15 is 0 Å². The third-order valence-electron chi connectivity index (χ3n) is 2.57. The molecule has 0 heterocycles. The Bertz CT molecular complexity index is 300. The summed E-state index contributed by atoms with van der Waals surface area (Å²) in [5.41, 5.74) is -0.0484. The monoisotopic (exact) mass is 274 g/mol. The molecule has 0 aliphatic carbocycles. The van der Waals surface area contributed by atoms with Crippen LogP contribution in [-0.4, -0.2) is 42.9 Å². The van der Waals surface area contributed by atoms with E-state index < -0.39 is 5.97 Å². The lowest BCUT2D eigenvalue weighted by atomic mass is 9.87. The smallest absolute Gasteiger partial charge is 0.315 e. The van der Waals surface area contributed by atoms with Crippen LogP contribution < -0.4 is 10.6 Å². The molecule has 6 heteroatoms. The van der Waals surface area contributed by atoms with Crippen molar-refractivity contribution in [2.45, 2.75) is 52.7 Å². The van der Waals surface area contributed by atoms with Crippen molar-refractivity contribution in [1.29, 1.82) is 0 Å². The molecule has 0 aromatic carbocycles. The van der Waals surface area contributed by atoms with Crippen molar-refractivity contribution >= 4 is 12.0 Å². The van der Waals surface area contributed by atoms with Crippen molar-refractivity contribution < 1.29 is 19.4 Å². The minimum Gasteiger partial charge on any atom is -0.481 e. The number of hydrogen-bond acceptors (Lipinski definition) is 3. The Morgan fingerprint density at radius 1 is 1.32 bits per heavy atom. The van der Waals surface area contributed by atoms with E-state index in [0.29, 0.717) is 13.0 Å². The van der Waals surface area contributed by atoms with Crippen molar-refractivity contribution in [3.05, 3.63) is 0 Å². The van der Waals surface area contributed by atoms with Gasteiger partial charge in [-0.3, -0.25) is 4.79 Å². The van der Waals surface area contributed by atoms with E-state index in [1.165, 1.54) is 0 Å². The summed E-state index contributed by atoms with van der Waals surface area (Å²) in [7, 11) is 1.57. The van der Waals surface area contributed by atoms with Gasteiger partial charge in [0.2, 0.25) is 0 Å². The van der Waals surface area contributed by atoms with Crippen molar-refractivity contribution in [3.63, 3.8) is 0 Å². The molecule has 0 aliphatic rings. The predicted molar refractivity (Wildman–Crippen MR) is 73.1 cm³/mol. The molecule has 0 aliphatic heterocycles. The lowest BCUT2D eigenvalue weighted by Crippen LogP contribution is -2.46. The Balaban J connectivity index is 4.30. The molecule has 19 heavy (non-hydrogen) atoms. The van der Waals surface area contributed by atoms with Gasteiger partial charge in [-0.15, -0.1) is 0 Å². The molecule has 3 N–H and O–H groups in total. The number of amides is 2. The first-order chi connectivity index (χ1) is 8.64. The lowest BCUT2D eigenvalue weighted by Gasteiger charge is -2.26. The first kappa shape index (κ1) is 17.7. The van der Waals surface area contributed by atoms with Crippen LogP contribution in [0.2, 0.25) is 0 Å². The van der Waals surface area contributed by atoms with Crippen LogP contribution >= 0.6 is 0 Å². The number of carboxylic acids is 1. The number of hydrogen-bond donors (Lipinski definition) is 3. The maximum Gasteiger partial charge on any atom is 0.315 e. The number of ether oxygens (including phenoxy) is 1. The van der Waals surface area contributed by atoms with Gasteiger partial charge in [0.1, 0.15) is 0 Å². The summed E-state index contributed by atoms with van der Waals surface area (Å²) in [6, 6.07) is -0.741. The molecule has 0 aromatic rings. The van der Waals surface area contributed by atoms with Gasteiger partial charge in [-0.05, 0) is 18.8 Å². The summed E-state index contributed by atoms with van der Waals surface area (Å²) in [4.78, 5) is 22.5. The van der Waals surface area contributed by atoms with Gasteiger partial charge < -0.3 is 20.5 Å². The molecular formula is C13H26N2O4. The number of methoxy groups -OCH3 is 1. The summed E-state index contributed by atoms with van der Waals surface area (Å²) in [6.07, 6.45) is 0.447. The molecule has 2 amide bonds. The molecule has 0 spiro atoms. The van der Waals surface area contributed by atoms with Gasteiger partial charge in [0.05, 0.1) is 12.5 Å². The van der Waals surface area contributed by atoms with Crippen molar-refractivity contribution in [2.75, 3.05) is 13.7 Å². The second kappa shape index (κ2) is 7.99. The van der Waals surface area contributed by atoms with Crippen LogP contribution in [0.25, 0.3) is 0 Å². The maximum atomic E-state index is 11.7. The highest BCUT2D eigenvalue weighted by molar-refractivity contribution is 5.75. The van der Waals surface area contributed by atoms with Gasteiger partial charge in [0.25, 0.3) is 0 Å². The average Bonchev–Trinajstić information content (AvgIpc) is 2.22. The van der Waals surface area contributed by atoms with Gasteiger partial charge in [-0.1, -0.05) is 20.8 Å². The molecule has 0 saturated carbocycles. The summed E-state index contributed by atoms with van der Waals surface area (Å²) in [6.45, 7) is 8.25. The highest BCUT2D eigenvalue weighted by Crippen LogP contribution is 2.22. The Kier molecular flexibility index (Phi) is 7.44. The molecule has 0 radical (unpaired) electrons. The summed E-state index contributed by atoms with van der Waals surface area (Å²) in [5, 5.41) is 14.2. The van der Waals surface area contributed by atoms with E-state index in [-0.39, 0.29) is 30.0 Å². The molecule has 0 saturated heterocycles. The first-order valence-electron chi connectivity index (χ1n) is 6.43. The van der Waals surface area contributed by atoms with Crippen molar-refractivity contribution in [2.24, 2.45) is 5.41 Å². The van der Waals surface area contributed by atoms with E-state index in [2.05, 4.69) is 10.6 Å². The average molecular weight is 274 g/mol. The number of carboxylic acid groups (broad SMARTS) is 1. The van der Waals surface area contributed by atoms with Crippen LogP contribution in [0, 0.1) is 5.41 Å². The number of nitrogens with one attached hydrogen (secondary N) is 2.